The topological polar surface area (TPSA) is 72.5 Å². The SMILES string of the molecule is O=C(NS(=O)(=O)[C@H]1CCCOC1)c1ccc2sccc2c1. The normalized spacial score (nSPS) is 19.5. The number of amides is 1. The first-order valence-electron chi connectivity index (χ1n) is 6.67. The number of thiophene rings is 1. The molecule has 7 heteroatoms. The molecule has 112 valence electrons. The van der Waals surface area contributed by atoms with Gasteiger partial charge in [0.05, 0.1) is 6.61 Å². The molecular weight excluding hydrogens is 310 g/mol. The van der Waals surface area contributed by atoms with Crippen molar-refractivity contribution in [1.29, 1.82) is 0 Å². The van der Waals surface area contributed by atoms with E-state index < -0.39 is 21.2 Å². The lowest BCUT2D eigenvalue weighted by molar-refractivity contribution is 0.0953. The van der Waals surface area contributed by atoms with Gasteiger partial charge in [-0.2, -0.15) is 0 Å². The van der Waals surface area contributed by atoms with Crippen molar-refractivity contribution in [1.82, 2.24) is 4.72 Å². The summed E-state index contributed by atoms with van der Waals surface area (Å²) >= 11 is 1.58. The summed E-state index contributed by atoms with van der Waals surface area (Å²) in [5.41, 5.74) is 0.348. The van der Waals surface area contributed by atoms with Gasteiger partial charge in [0.15, 0.2) is 0 Å². The highest BCUT2D eigenvalue weighted by Crippen LogP contribution is 2.22. The van der Waals surface area contributed by atoms with E-state index in [1.54, 1.807) is 23.5 Å². The molecule has 21 heavy (non-hydrogen) atoms. The van der Waals surface area contributed by atoms with Crippen LogP contribution in [0.2, 0.25) is 0 Å². The summed E-state index contributed by atoms with van der Waals surface area (Å²) < 4.78 is 32.7. The van der Waals surface area contributed by atoms with E-state index in [0.29, 0.717) is 25.0 Å². The van der Waals surface area contributed by atoms with Gasteiger partial charge in [0.1, 0.15) is 5.25 Å². The van der Waals surface area contributed by atoms with Gasteiger partial charge in [0.2, 0.25) is 10.0 Å². The Kier molecular flexibility index (Phi) is 3.97. The number of rotatable bonds is 3. The predicted octanol–water partition coefficient (Wildman–Crippen LogP) is 2.14. The number of benzene rings is 1. The second kappa shape index (κ2) is 5.75. The molecule has 1 amide bonds. The van der Waals surface area contributed by atoms with Crippen molar-refractivity contribution in [2.75, 3.05) is 13.2 Å². The summed E-state index contributed by atoms with van der Waals surface area (Å²) in [4.78, 5) is 12.1. The van der Waals surface area contributed by atoms with Gasteiger partial charge in [0, 0.05) is 16.9 Å². The van der Waals surface area contributed by atoms with Crippen LogP contribution in [0.1, 0.15) is 23.2 Å². The zero-order valence-electron chi connectivity index (χ0n) is 11.2. The maximum Gasteiger partial charge on any atom is 0.264 e. The molecule has 1 aromatic carbocycles. The molecule has 0 aliphatic carbocycles. The number of nitrogens with one attached hydrogen (secondary N) is 1. The molecule has 3 rings (SSSR count). The van der Waals surface area contributed by atoms with Crippen molar-refractivity contribution in [3.8, 4) is 0 Å². The van der Waals surface area contributed by atoms with Crippen LogP contribution in [0.5, 0.6) is 0 Å². The zero-order valence-corrected chi connectivity index (χ0v) is 12.9. The van der Waals surface area contributed by atoms with E-state index in [-0.39, 0.29) is 6.61 Å². The second-order valence-electron chi connectivity index (χ2n) is 4.99. The van der Waals surface area contributed by atoms with Crippen molar-refractivity contribution < 1.29 is 17.9 Å². The third-order valence-corrected chi connectivity index (χ3v) is 6.12. The minimum Gasteiger partial charge on any atom is -0.380 e. The molecule has 2 aromatic rings. The molecule has 1 N–H and O–H groups in total. The molecule has 1 aliphatic rings. The highest BCUT2D eigenvalue weighted by molar-refractivity contribution is 7.90. The fraction of sp³-hybridized carbons (Fsp3) is 0.357. The largest absolute Gasteiger partial charge is 0.380 e. The quantitative estimate of drug-likeness (QED) is 0.938. The van der Waals surface area contributed by atoms with Crippen LogP contribution in [-0.2, 0) is 14.8 Å². The molecule has 0 radical (unpaired) electrons. The van der Waals surface area contributed by atoms with E-state index in [2.05, 4.69) is 4.72 Å². The third kappa shape index (κ3) is 3.09. The smallest absolute Gasteiger partial charge is 0.264 e. The Balaban J connectivity index is 1.78. The van der Waals surface area contributed by atoms with Crippen LogP contribution in [-0.4, -0.2) is 32.8 Å². The van der Waals surface area contributed by atoms with Crippen LogP contribution < -0.4 is 4.72 Å². The van der Waals surface area contributed by atoms with Gasteiger partial charge >= 0.3 is 0 Å². The van der Waals surface area contributed by atoms with E-state index in [9.17, 15) is 13.2 Å². The van der Waals surface area contributed by atoms with E-state index >= 15 is 0 Å². The van der Waals surface area contributed by atoms with Crippen LogP contribution in [0.3, 0.4) is 0 Å². The van der Waals surface area contributed by atoms with Gasteiger partial charge in [0.25, 0.3) is 5.91 Å². The van der Waals surface area contributed by atoms with Gasteiger partial charge in [-0.15, -0.1) is 11.3 Å². The molecule has 1 aliphatic heterocycles. The maximum absolute atomic E-state index is 12.2. The first kappa shape index (κ1) is 14.5. The Morgan fingerprint density at radius 1 is 1.33 bits per heavy atom. The van der Waals surface area contributed by atoms with Crippen LogP contribution in [0, 0.1) is 0 Å². The van der Waals surface area contributed by atoms with Gasteiger partial charge in [-0.05, 0) is 47.9 Å². The van der Waals surface area contributed by atoms with Crippen molar-refractivity contribution in [3.05, 3.63) is 35.2 Å². The number of carbonyl (C=O) groups is 1. The average molecular weight is 325 g/mol. The van der Waals surface area contributed by atoms with Crippen molar-refractivity contribution in [3.63, 3.8) is 0 Å². The number of fused-ring (bicyclic) bond motifs is 1. The minimum absolute atomic E-state index is 0.145. The molecule has 0 saturated carbocycles. The zero-order chi connectivity index (χ0) is 14.9. The standard InChI is InChI=1S/C14H15NO4S2/c16-14(11-3-4-13-10(8-11)5-7-20-13)15-21(17,18)12-2-1-6-19-9-12/h3-5,7-8,12H,1-2,6,9H2,(H,15,16)/t12-/m0/s1. The lowest BCUT2D eigenvalue weighted by Gasteiger charge is -2.22. The lowest BCUT2D eigenvalue weighted by atomic mass is 10.1. The summed E-state index contributed by atoms with van der Waals surface area (Å²) in [6, 6.07) is 7.07. The molecule has 1 atom stereocenters. The fourth-order valence-corrected chi connectivity index (χ4v) is 4.40. The predicted molar refractivity (Wildman–Crippen MR) is 82.1 cm³/mol. The van der Waals surface area contributed by atoms with E-state index in [0.717, 1.165) is 10.1 Å². The Bertz CT molecular complexity index is 760. The molecule has 5 nitrogen and oxygen atoms in total. The number of sulfonamides is 1. The highest BCUT2D eigenvalue weighted by Gasteiger charge is 2.29. The van der Waals surface area contributed by atoms with Crippen molar-refractivity contribution >= 4 is 37.4 Å². The first-order chi connectivity index (χ1) is 10.1. The van der Waals surface area contributed by atoms with Gasteiger partial charge < -0.3 is 4.74 Å². The van der Waals surface area contributed by atoms with Crippen LogP contribution >= 0.6 is 11.3 Å². The Morgan fingerprint density at radius 2 is 2.19 bits per heavy atom. The Morgan fingerprint density at radius 3 is 2.95 bits per heavy atom. The molecule has 0 unspecified atom stereocenters. The third-order valence-electron chi connectivity index (χ3n) is 3.51. The maximum atomic E-state index is 12.2. The Labute approximate surface area is 127 Å². The minimum atomic E-state index is -3.69. The summed E-state index contributed by atoms with van der Waals surface area (Å²) in [6.07, 6.45) is 1.22. The Hall–Kier alpha value is -1.44. The molecule has 0 bridgehead atoms. The number of ether oxygens (including phenoxy) is 1. The second-order valence-corrected chi connectivity index (χ2v) is 7.90. The van der Waals surface area contributed by atoms with Crippen molar-refractivity contribution in [2.24, 2.45) is 0 Å². The molecule has 1 aromatic heterocycles. The molecule has 0 spiro atoms. The van der Waals surface area contributed by atoms with E-state index in [1.165, 1.54) is 0 Å². The van der Waals surface area contributed by atoms with Gasteiger partial charge in [-0.3, -0.25) is 4.79 Å². The van der Waals surface area contributed by atoms with E-state index in [4.69, 9.17) is 4.74 Å². The van der Waals surface area contributed by atoms with Gasteiger partial charge in [-0.1, -0.05) is 0 Å². The molecular formula is C14H15NO4S2. The van der Waals surface area contributed by atoms with Crippen LogP contribution in [0.25, 0.3) is 10.1 Å². The lowest BCUT2D eigenvalue weighted by Crippen LogP contribution is -2.42. The van der Waals surface area contributed by atoms with Gasteiger partial charge in [-0.25, -0.2) is 13.1 Å². The fourth-order valence-electron chi connectivity index (χ4n) is 2.34. The molecule has 1 fully saturated rings. The average Bonchev–Trinajstić information content (AvgIpc) is 2.95. The monoisotopic (exact) mass is 325 g/mol. The van der Waals surface area contributed by atoms with E-state index in [1.807, 2.05) is 17.5 Å². The van der Waals surface area contributed by atoms with Crippen LogP contribution in [0.15, 0.2) is 29.6 Å². The molecule has 1 saturated heterocycles. The number of hydrogen-bond donors (Lipinski definition) is 1. The van der Waals surface area contributed by atoms with Crippen molar-refractivity contribution in [2.45, 2.75) is 18.1 Å². The number of hydrogen-bond acceptors (Lipinski definition) is 5. The molecule has 2 heterocycles. The summed E-state index contributed by atoms with van der Waals surface area (Å²) in [6.45, 7) is 0.723. The first-order valence-corrected chi connectivity index (χ1v) is 9.10. The number of carbonyl (C=O) groups excluding carboxylic acids is 1. The highest BCUT2D eigenvalue weighted by atomic mass is 32.2. The summed E-state index contributed by atoms with van der Waals surface area (Å²) in [5.74, 6) is -0.589. The van der Waals surface area contributed by atoms with Crippen LogP contribution in [0.4, 0.5) is 0 Å². The summed E-state index contributed by atoms with van der Waals surface area (Å²) in [5, 5.41) is 2.22. The summed E-state index contributed by atoms with van der Waals surface area (Å²) in [7, 11) is -3.69.